The third kappa shape index (κ3) is 3.08. The molecular formula is C14H13NO2. The number of anilines is 1. The molecule has 0 bridgehead atoms. The van der Waals surface area contributed by atoms with Gasteiger partial charge in [-0.25, -0.2) is 5.48 Å². The second-order valence-corrected chi connectivity index (χ2v) is 3.64. The van der Waals surface area contributed by atoms with Crippen molar-refractivity contribution >= 4 is 11.7 Å². The van der Waals surface area contributed by atoms with Crippen LogP contribution >= 0.6 is 0 Å². The Hall–Kier alpha value is -2.29. The molecule has 0 fully saturated rings. The van der Waals surface area contributed by atoms with Gasteiger partial charge >= 0.3 is 5.97 Å². The maximum atomic E-state index is 10.7. The van der Waals surface area contributed by atoms with Gasteiger partial charge in [0.05, 0.1) is 5.69 Å². The van der Waals surface area contributed by atoms with E-state index < -0.39 is 0 Å². The molecule has 1 N–H and O–H groups in total. The molecule has 2 aromatic rings. The highest BCUT2D eigenvalue weighted by Crippen LogP contribution is 2.22. The van der Waals surface area contributed by atoms with Crippen molar-refractivity contribution < 1.29 is 9.63 Å². The van der Waals surface area contributed by atoms with E-state index in [1.54, 1.807) is 0 Å². The van der Waals surface area contributed by atoms with Gasteiger partial charge in [0.2, 0.25) is 0 Å². The molecule has 0 unspecified atom stereocenters. The van der Waals surface area contributed by atoms with Gasteiger partial charge in [-0.1, -0.05) is 42.5 Å². The summed E-state index contributed by atoms with van der Waals surface area (Å²) in [6, 6.07) is 17.7. The summed E-state index contributed by atoms with van der Waals surface area (Å²) < 4.78 is 0. The number of carbonyl (C=O) groups is 1. The van der Waals surface area contributed by atoms with Crippen LogP contribution in [0.15, 0.2) is 54.6 Å². The summed E-state index contributed by atoms with van der Waals surface area (Å²) >= 11 is 0. The number of hydrogen-bond donors (Lipinski definition) is 1. The van der Waals surface area contributed by atoms with Crippen molar-refractivity contribution in [2.24, 2.45) is 0 Å². The summed E-state index contributed by atoms with van der Waals surface area (Å²) in [4.78, 5) is 15.4. The minimum atomic E-state index is -0.366. The van der Waals surface area contributed by atoms with Crippen LogP contribution in [0.2, 0.25) is 0 Å². The van der Waals surface area contributed by atoms with Crippen LogP contribution in [0.4, 0.5) is 5.69 Å². The van der Waals surface area contributed by atoms with Crippen molar-refractivity contribution in [3.8, 4) is 11.1 Å². The largest absolute Gasteiger partial charge is 0.344 e. The van der Waals surface area contributed by atoms with Crippen LogP contribution < -0.4 is 5.48 Å². The summed E-state index contributed by atoms with van der Waals surface area (Å²) in [5.41, 5.74) is 5.55. The van der Waals surface area contributed by atoms with Gasteiger partial charge in [-0.05, 0) is 23.3 Å². The fourth-order valence-electron chi connectivity index (χ4n) is 1.52. The minimum Gasteiger partial charge on any atom is -0.344 e. The van der Waals surface area contributed by atoms with Gasteiger partial charge < -0.3 is 4.84 Å². The fourth-order valence-corrected chi connectivity index (χ4v) is 1.52. The van der Waals surface area contributed by atoms with Gasteiger partial charge in [-0.15, -0.1) is 0 Å². The van der Waals surface area contributed by atoms with Gasteiger partial charge in [0.15, 0.2) is 0 Å². The molecule has 17 heavy (non-hydrogen) atoms. The van der Waals surface area contributed by atoms with Crippen LogP contribution in [-0.2, 0) is 9.63 Å². The molecule has 2 rings (SSSR count). The van der Waals surface area contributed by atoms with Gasteiger partial charge in [-0.2, -0.15) is 0 Å². The Balaban J connectivity index is 2.20. The molecule has 0 aliphatic carbocycles. The second kappa shape index (κ2) is 5.16. The van der Waals surface area contributed by atoms with Crippen molar-refractivity contribution in [1.82, 2.24) is 0 Å². The minimum absolute atomic E-state index is 0.366. The Labute approximate surface area is 100.0 Å². The van der Waals surface area contributed by atoms with Crippen LogP contribution in [0.25, 0.3) is 11.1 Å². The van der Waals surface area contributed by atoms with E-state index in [9.17, 15) is 4.79 Å². The first-order chi connectivity index (χ1) is 8.25. The first kappa shape index (κ1) is 11.2. The lowest BCUT2D eigenvalue weighted by atomic mass is 10.1. The van der Waals surface area contributed by atoms with E-state index in [2.05, 4.69) is 5.48 Å². The summed E-state index contributed by atoms with van der Waals surface area (Å²) in [6.45, 7) is 1.36. The van der Waals surface area contributed by atoms with Gasteiger partial charge in [0.1, 0.15) is 0 Å². The Morgan fingerprint density at radius 2 is 1.71 bits per heavy atom. The van der Waals surface area contributed by atoms with E-state index in [0.29, 0.717) is 0 Å². The molecule has 0 atom stereocenters. The first-order valence-corrected chi connectivity index (χ1v) is 5.34. The van der Waals surface area contributed by atoms with E-state index in [0.717, 1.165) is 16.8 Å². The number of hydrogen-bond acceptors (Lipinski definition) is 3. The highest BCUT2D eigenvalue weighted by molar-refractivity contribution is 5.70. The molecule has 3 heteroatoms. The summed E-state index contributed by atoms with van der Waals surface area (Å²) in [5.74, 6) is -0.366. The van der Waals surface area contributed by atoms with E-state index in [-0.39, 0.29) is 5.97 Å². The van der Waals surface area contributed by atoms with E-state index in [4.69, 9.17) is 4.84 Å². The lowest BCUT2D eigenvalue weighted by molar-refractivity contribution is -0.138. The molecule has 0 amide bonds. The van der Waals surface area contributed by atoms with E-state index >= 15 is 0 Å². The maximum absolute atomic E-state index is 10.7. The number of carbonyl (C=O) groups excluding carboxylic acids is 1. The molecule has 0 aliphatic rings. The summed E-state index contributed by atoms with van der Waals surface area (Å²) in [7, 11) is 0. The Morgan fingerprint density at radius 3 is 2.41 bits per heavy atom. The topological polar surface area (TPSA) is 38.3 Å². The van der Waals surface area contributed by atoms with Crippen LogP contribution in [0, 0.1) is 0 Å². The number of rotatable bonds is 3. The quantitative estimate of drug-likeness (QED) is 0.818. The first-order valence-electron chi connectivity index (χ1n) is 5.34. The molecule has 86 valence electrons. The average molecular weight is 227 g/mol. The van der Waals surface area contributed by atoms with Crippen LogP contribution in [0.3, 0.4) is 0 Å². The zero-order chi connectivity index (χ0) is 12.1. The van der Waals surface area contributed by atoms with Crippen LogP contribution in [0.5, 0.6) is 0 Å². The van der Waals surface area contributed by atoms with E-state index in [1.807, 2.05) is 54.6 Å². The van der Waals surface area contributed by atoms with Crippen molar-refractivity contribution in [2.45, 2.75) is 6.92 Å². The summed E-state index contributed by atoms with van der Waals surface area (Å²) in [6.07, 6.45) is 0. The monoisotopic (exact) mass is 227 g/mol. The third-order valence-electron chi connectivity index (χ3n) is 2.28. The molecule has 0 radical (unpaired) electrons. The zero-order valence-corrected chi connectivity index (χ0v) is 9.51. The van der Waals surface area contributed by atoms with Gasteiger partial charge in [-0.3, -0.25) is 4.79 Å². The van der Waals surface area contributed by atoms with Crippen molar-refractivity contribution in [3.63, 3.8) is 0 Å². The molecule has 0 saturated carbocycles. The normalized spacial score (nSPS) is 9.71. The molecule has 0 saturated heterocycles. The third-order valence-corrected chi connectivity index (χ3v) is 2.28. The van der Waals surface area contributed by atoms with Gasteiger partial charge in [0.25, 0.3) is 0 Å². The lowest BCUT2D eigenvalue weighted by Gasteiger charge is -2.07. The Morgan fingerprint density at radius 1 is 1.00 bits per heavy atom. The standard InChI is InChI=1S/C14H13NO2/c1-11(16)17-15-14-9-5-8-13(10-14)12-6-3-2-4-7-12/h2-10,15H,1H3. The number of nitrogens with one attached hydrogen (secondary N) is 1. The fraction of sp³-hybridized carbons (Fsp3) is 0.0714. The molecule has 2 aromatic carbocycles. The smallest absolute Gasteiger partial charge is 0.329 e. The number of benzene rings is 2. The molecule has 0 aliphatic heterocycles. The predicted molar refractivity (Wildman–Crippen MR) is 67.3 cm³/mol. The zero-order valence-electron chi connectivity index (χ0n) is 9.51. The molecular weight excluding hydrogens is 214 g/mol. The van der Waals surface area contributed by atoms with Gasteiger partial charge in [0, 0.05) is 6.92 Å². The highest BCUT2D eigenvalue weighted by Gasteiger charge is 1.99. The molecule has 3 nitrogen and oxygen atoms in total. The van der Waals surface area contributed by atoms with Crippen molar-refractivity contribution in [3.05, 3.63) is 54.6 Å². The maximum Gasteiger partial charge on any atom is 0.329 e. The van der Waals surface area contributed by atoms with E-state index in [1.165, 1.54) is 6.92 Å². The SMILES string of the molecule is CC(=O)ONc1cccc(-c2ccccc2)c1. The summed E-state index contributed by atoms with van der Waals surface area (Å²) in [5, 5.41) is 0. The molecule has 0 spiro atoms. The van der Waals surface area contributed by atoms with Crippen LogP contribution in [-0.4, -0.2) is 5.97 Å². The van der Waals surface area contributed by atoms with Crippen molar-refractivity contribution in [2.75, 3.05) is 5.48 Å². The van der Waals surface area contributed by atoms with Crippen LogP contribution in [0.1, 0.15) is 6.92 Å². The molecule has 0 heterocycles. The molecule has 0 aromatic heterocycles. The predicted octanol–water partition coefficient (Wildman–Crippen LogP) is 3.24. The lowest BCUT2D eigenvalue weighted by Crippen LogP contribution is -2.05. The second-order valence-electron chi connectivity index (χ2n) is 3.64. The highest BCUT2D eigenvalue weighted by atomic mass is 16.7. The Kier molecular flexibility index (Phi) is 3.40. The Bertz CT molecular complexity index is 509. The average Bonchev–Trinajstić information content (AvgIpc) is 2.38. The van der Waals surface area contributed by atoms with Crippen molar-refractivity contribution in [1.29, 1.82) is 0 Å².